The van der Waals surface area contributed by atoms with E-state index >= 15 is 0 Å². The van der Waals surface area contributed by atoms with Gasteiger partial charge in [0.25, 0.3) is 0 Å². The van der Waals surface area contributed by atoms with E-state index in [1.807, 2.05) is 12.3 Å². The van der Waals surface area contributed by atoms with Gasteiger partial charge in [0.05, 0.1) is 6.20 Å². The predicted octanol–water partition coefficient (Wildman–Crippen LogP) is 3.71. The van der Waals surface area contributed by atoms with Gasteiger partial charge in [0, 0.05) is 29.0 Å². The summed E-state index contributed by atoms with van der Waals surface area (Å²) in [5.41, 5.74) is 2.30. The molecule has 1 N–H and O–H groups in total. The highest BCUT2D eigenvalue weighted by atomic mass is 79.9. The molecule has 0 bridgehead atoms. The molecule has 1 aliphatic carbocycles. The standard InChI is InChI=1S/C15H17BrN2O/c1-10-2-3-11(16)8-13(10)14-9-18-15(19-14)6-7-17-12-4-5-12/h2-3,8-9,12,17H,4-7H2,1H3. The van der Waals surface area contributed by atoms with E-state index in [1.54, 1.807) is 0 Å². The van der Waals surface area contributed by atoms with Crippen molar-refractivity contribution in [2.24, 2.45) is 0 Å². The number of aryl methyl sites for hydroxylation is 1. The SMILES string of the molecule is Cc1ccc(Br)cc1-c1cnc(CCNC2CC2)o1. The number of hydrogen-bond acceptors (Lipinski definition) is 3. The summed E-state index contributed by atoms with van der Waals surface area (Å²) in [4.78, 5) is 4.36. The van der Waals surface area contributed by atoms with Gasteiger partial charge in [0.1, 0.15) is 0 Å². The third kappa shape index (κ3) is 3.25. The smallest absolute Gasteiger partial charge is 0.196 e. The van der Waals surface area contributed by atoms with Crippen LogP contribution in [0.25, 0.3) is 11.3 Å². The molecule has 0 amide bonds. The third-order valence-electron chi connectivity index (χ3n) is 3.37. The van der Waals surface area contributed by atoms with E-state index in [0.717, 1.165) is 40.7 Å². The van der Waals surface area contributed by atoms with Crippen LogP contribution in [0.1, 0.15) is 24.3 Å². The first kappa shape index (κ1) is 12.9. The van der Waals surface area contributed by atoms with Gasteiger partial charge in [0.2, 0.25) is 0 Å². The zero-order valence-corrected chi connectivity index (χ0v) is 12.5. The lowest BCUT2D eigenvalue weighted by atomic mass is 10.1. The van der Waals surface area contributed by atoms with Crippen molar-refractivity contribution in [1.29, 1.82) is 0 Å². The van der Waals surface area contributed by atoms with Gasteiger partial charge in [-0.15, -0.1) is 0 Å². The van der Waals surface area contributed by atoms with Crippen molar-refractivity contribution in [3.8, 4) is 11.3 Å². The van der Waals surface area contributed by atoms with Gasteiger partial charge >= 0.3 is 0 Å². The average molecular weight is 321 g/mol. The first-order chi connectivity index (χ1) is 9.22. The second kappa shape index (κ2) is 5.47. The van der Waals surface area contributed by atoms with Crippen LogP contribution in [0.5, 0.6) is 0 Å². The minimum absolute atomic E-state index is 0.738. The van der Waals surface area contributed by atoms with Crippen molar-refractivity contribution in [2.45, 2.75) is 32.2 Å². The fraction of sp³-hybridized carbons (Fsp3) is 0.400. The average Bonchev–Trinajstić information content (AvgIpc) is 3.10. The summed E-state index contributed by atoms with van der Waals surface area (Å²) in [6, 6.07) is 6.93. The summed E-state index contributed by atoms with van der Waals surface area (Å²) in [6.07, 6.45) is 5.30. The van der Waals surface area contributed by atoms with E-state index < -0.39 is 0 Å². The molecule has 19 heavy (non-hydrogen) atoms. The molecule has 0 atom stereocenters. The molecular formula is C15H17BrN2O. The molecule has 0 radical (unpaired) electrons. The minimum Gasteiger partial charge on any atom is -0.441 e. The van der Waals surface area contributed by atoms with Crippen LogP contribution < -0.4 is 5.32 Å². The molecule has 0 aliphatic heterocycles. The molecule has 100 valence electrons. The van der Waals surface area contributed by atoms with E-state index in [2.05, 4.69) is 45.3 Å². The molecule has 1 aromatic heterocycles. The van der Waals surface area contributed by atoms with Crippen molar-refractivity contribution in [3.05, 3.63) is 40.3 Å². The molecule has 0 saturated heterocycles. The van der Waals surface area contributed by atoms with Crippen molar-refractivity contribution in [1.82, 2.24) is 10.3 Å². The Balaban J connectivity index is 1.70. The Kier molecular flexibility index (Phi) is 3.71. The maximum atomic E-state index is 5.84. The van der Waals surface area contributed by atoms with Crippen LogP contribution in [0, 0.1) is 6.92 Å². The molecule has 2 aromatic rings. The van der Waals surface area contributed by atoms with Gasteiger partial charge in [-0.3, -0.25) is 0 Å². The second-order valence-corrected chi connectivity index (χ2v) is 5.97. The largest absolute Gasteiger partial charge is 0.441 e. The Labute approximate surface area is 121 Å². The van der Waals surface area contributed by atoms with Crippen molar-refractivity contribution < 1.29 is 4.42 Å². The van der Waals surface area contributed by atoms with E-state index in [-0.39, 0.29) is 0 Å². The van der Waals surface area contributed by atoms with Crippen LogP contribution in [0.2, 0.25) is 0 Å². The number of nitrogens with one attached hydrogen (secondary N) is 1. The Morgan fingerprint density at radius 3 is 3.05 bits per heavy atom. The second-order valence-electron chi connectivity index (χ2n) is 5.06. The maximum absolute atomic E-state index is 5.84. The molecule has 0 unspecified atom stereocenters. The lowest BCUT2D eigenvalue weighted by Crippen LogP contribution is -2.19. The summed E-state index contributed by atoms with van der Waals surface area (Å²) >= 11 is 3.49. The Hall–Kier alpha value is -1.13. The lowest BCUT2D eigenvalue weighted by molar-refractivity contribution is 0.494. The van der Waals surface area contributed by atoms with Crippen LogP contribution in [0.3, 0.4) is 0 Å². The van der Waals surface area contributed by atoms with Gasteiger partial charge in [-0.05, 0) is 37.5 Å². The summed E-state index contributed by atoms with van der Waals surface area (Å²) < 4.78 is 6.89. The quantitative estimate of drug-likeness (QED) is 0.912. The fourth-order valence-corrected chi connectivity index (χ4v) is 2.44. The summed E-state index contributed by atoms with van der Waals surface area (Å²) in [6.45, 7) is 3.03. The van der Waals surface area contributed by atoms with Gasteiger partial charge in [0.15, 0.2) is 11.7 Å². The van der Waals surface area contributed by atoms with E-state index in [1.165, 1.54) is 18.4 Å². The fourth-order valence-electron chi connectivity index (χ4n) is 2.08. The molecule has 4 heteroatoms. The van der Waals surface area contributed by atoms with Crippen LogP contribution in [-0.2, 0) is 6.42 Å². The van der Waals surface area contributed by atoms with Gasteiger partial charge < -0.3 is 9.73 Å². The summed E-state index contributed by atoms with van der Waals surface area (Å²) in [5, 5.41) is 3.47. The number of rotatable bonds is 5. The van der Waals surface area contributed by atoms with Crippen molar-refractivity contribution in [3.63, 3.8) is 0 Å². The molecule has 1 aromatic carbocycles. The lowest BCUT2D eigenvalue weighted by Gasteiger charge is -2.02. The van der Waals surface area contributed by atoms with E-state index in [0.29, 0.717) is 0 Å². The van der Waals surface area contributed by atoms with E-state index in [4.69, 9.17) is 4.42 Å². The first-order valence-electron chi connectivity index (χ1n) is 6.67. The zero-order chi connectivity index (χ0) is 13.2. The molecule has 1 fully saturated rings. The topological polar surface area (TPSA) is 38.1 Å². The molecule has 1 heterocycles. The Morgan fingerprint density at radius 1 is 1.42 bits per heavy atom. The van der Waals surface area contributed by atoms with Crippen LogP contribution in [0.4, 0.5) is 0 Å². The number of benzene rings is 1. The molecule has 1 saturated carbocycles. The number of nitrogens with zero attached hydrogens (tertiary/aromatic N) is 1. The highest BCUT2D eigenvalue weighted by molar-refractivity contribution is 9.10. The van der Waals surface area contributed by atoms with Gasteiger partial charge in [-0.2, -0.15) is 0 Å². The van der Waals surface area contributed by atoms with Crippen LogP contribution in [-0.4, -0.2) is 17.6 Å². The van der Waals surface area contributed by atoms with E-state index in [9.17, 15) is 0 Å². The minimum atomic E-state index is 0.738. The molecule has 1 aliphatic rings. The number of aromatic nitrogens is 1. The number of halogens is 1. The molecular weight excluding hydrogens is 304 g/mol. The molecule has 0 spiro atoms. The summed E-state index contributed by atoms with van der Waals surface area (Å²) in [7, 11) is 0. The maximum Gasteiger partial charge on any atom is 0.196 e. The number of hydrogen-bond donors (Lipinski definition) is 1. The molecule has 3 rings (SSSR count). The van der Waals surface area contributed by atoms with Gasteiger partial charge in [-0.1, -0.05) is 22.0 Å². The zero-order valence-electron chi connectivity index (χ0n) is 10.9. The Bertz CT molecular complexity index is 575. The highest BCUT2D eigenvalue weighted by Gasteiger charge is 2.20. The van der Waals surface area contributed by atoms with Crippen molar-refractivity contribution in [2.75, 3.05) is 6.54 Å². The normalized spacial score (nSPS) is 14.8. The van der Waals surface area contributed by atoms with Crippen LogP contribution >= 0.6 is 15.9 Å². The summed E-state index contributed by atoms with van der Waals surface area (Å²) in [5.74, 6) is 1.66. The van der Waals surface area contributed by atoms with Crippen LogP contribution in [0.15, 0.2) is 33.3 Å². The third-order valence-corrected chi connectivity index (χ3v) is 3.86. The first-order valence-corrected chi connectivity index (χ1v) is 7.46. The highest BCUT2D eigenvalue weighted by Crippen LogP contribution is 2.27. The Morgan fingerprint density at radius 2 is 2.26 bits per heavy atom. The van der Waals surface area contributed by atoms with Crippen molar-refractivity contribution >= 4 is 15.9 Å². The number of oxazole rings is 1. The van der Waals surface area contributed by atoms with Gasteiger partial charge in [-0.25, -0.2) is 4.98 Å². The predicted molar refractivity (Wildman–Crippen MR) is 79.1 cm³/mol. The molecule has 3 nitrogen and oxygen atoms in total. The monoisotopic (exact) mass is 320 g/mol.